The zero-order valence-electron chi connectivity index (χ0n) is 17.3. The van der Waals surface area contributed by atoms with Gasteiger partial charge < -0.3 is 14.2 Å². The third-order valence-corrected chi connectivity index (χ3v) is 7.52. The second-order valence-electron chi connectivity index (χ2n) is 8.60. The van der Waals surface area contributed by atoms with E-state index >= 15 is 0 Å². The summed E-state index contributed by atoms with van der Waals surface area (Å²) in [5.74, 6) is 2.58. The highest BCUT2D eigenvalue weighted by atomic mass is 79.9. The Bertz CT molecular complexity index is 1010. The monoisotopic (exact) mass is 491 g/mol. The van der Waals surface area contributed by atoms with E-state index in [0.717, 1.165) is 52.6 Å². The van der Waals surface area contributed by atoms with Crippen LogP contribution < -0.4 is 9.64 Å². The quantitative estimate of drug-likeness (QED) is 0.408. The van der Waals surface area contributed by atoms with E-state index in [0.29, 0.717) is 23.0 Å². The summed E-state index contributed by atoms with van der Waals surface area (Å²) in [7, 11) is 0. The fourth-order valence-electron chi connectivity index (χ4n) is 4.15. The molecule has 2 unspecified atom stereocenters. The summed E-state index contributed by atoms with van der Waals surface area (Å²) in [4.78, 5) is 16.8. The number of pyridine rings is 1. The van der Waals surface area contributed by atoms with Crippen molar-refractivity contribution in [2.24, 2.45) is 11.8 Å². The molecule has 1 aliphatic carbocycles. The van der Waals surface area contributed by atoms with Gasteiger partial charge in [0.25, 0.3) is 5.19 Å². The van der Waals surface area contributed by atoms with Gasteiger partial charge in [0.1, 0.15) is 21.1 Å². The van der Waals surface area contributed by atoms with E-state index in [1.807, 2.05) is 12.1 Å². The number of thiazole rings is 1. The first-order chi connectivity index (χ1) is 14.5. The molecule has 0 aromatic carbocycles. The van der Waals surface area contributed by atoms with E-state index < -0.39 is 0 Å². The maximum Gasteiger partial charge on any atom is 0.324 e. The molecular formula is C21H26BrN5O2S. The van der Waals surface area contributed by atoms with E-state index in [-0.39, 0.29) is 6.10 Å². The van der Waals surface area contributed by atoms with Crippen molar-refractivity contribution in [1.82, 2.24) is 20.1 Å². The van der Waals surface area contributed by atoms with Gasteiger partial charge in [0.15, 0.2) is 5.82 Å². The van der Waals surface area contributed by atoms with Crippen molar-refractivity contribution in [1.29, 1.82) is 0 Å². The van der Waals surface area contributed by atoms with Crippen LogP contribution in [0.5, 0.6) is 5.19 Å². The van der Waals surface area contributed by atoms with Crippen molar-refractivity contribution in [3.8, 4) is 5.19 Å². The number of hydrogen-bond acceptors (Lipinski definition) is 8. The first-order valence-electron chi connectivity index (χ1n) is 10.7. The Hall–Kier alpha value is -1.74. The third kappa shape index (κ3) is 4.46. The summed E-state index contributed by atoms with van der Waals surface area (Å²) in [6, 6.07) is 4.53. The van der Waals surface area contributed by atoms with E-state index in [4.69, 9.17) is 9.26 Å². The topological polar surface area (TPSA) is 77.2 Å². The Kier molecular flexibility index (Phi) is 5.66. The molecule has 160 valence electrons. The van der Waals surface area contributed by atoms with Crippen LogP contribution in [-0.2, 0) is 0 Å². The van der Waals surface area contributed by atoms with Crippen molar-refractivity contribution in [2.45, 2.75) is 58.0 Å². The Balaban J connectivity index is 1.15. The molecular weight excluding hydrogens is 466 g/mol. The number of ether oxygens (including phenoxy) is 1. The highest BCUT2D eigenvalue weighted by Crippen LogP contribution is 2.38. The molecule has 0 radical (unpaired) electrons. The van der Waals surface area contributed by atoms with E-state index in [2.05, 4.69) is 54.8 Å². The summed E-state index contributed by atoms with van der Waals surface area (Å²) < 4.78 is 12.6. The van der Waals surface area contributed by atoms with Crippen LogP contribution in [0.15, 0.2) is 21.3 Å². The molecule has 3 aromatic heterocycles. The number of aromatic nitrogens is 4. The molecule has 2 fully saturated rings. The van der Waals surface area contributed by atoms with Gasteiger partial charge in [-0.25, -0.2) is 9.97 Å². The lowest BCUT2D eigenvalue weighted by Crippen LogP contribution is -2.38. The zero-order chi connectivity index (χ0) is 20.7. The fourth-order valence-corrected chi connectivity index (χ4v) is 5.45. The van der Waals surface area contributed by atoms with Crippen molar-refractivity contribution < 1.29 is 9.26 Å². The number of rotatable bonds is 7. The molecule has 1 aliphatic heterocycles. The highest BCUT2D eigenvalue weighted by Gasteiger charge is 2.30. The zero-order valence-corrected chi connectivity index (χ0v) is 19.7. The molecule has 9 heteroatoms. The van der Waals surface area contributed by atoms with Crippen LogP contribution in [0, 0.1) is 11.8 Å². The average molecular weight is 492 g/mol. The summed E-state index contributed by atoms with van der Waals surface area (Å²) in [5.41, 5.74) is 0.878. The molecule has 3 aromatic rings. The molecule has 0 bridgehead atoms. The Morgan fingerprint density at radius 2 is 1.97 bits per heavy atom. The van der Waals surface area contributed by atoms with E-state index in [1.165, 1.54) is 30.6 Å². The minimum Gasteiger partial charge on any atom is -0.467 e. The molecule has 2 atom stereocenters. The van der Waals surface area contributed by atoms with Gasteiger partial charge in [0, 0.05) is 19.0 Å². The summed E-state index contributed by atoms with van der Waals surface area (Å²) >= 11 is 4.90. The summed E-state index contributed by atoms with van der Waals surface area (Å²) in [6.45, 7) is 6.16. The normalized spacial score (nSPS) is 19.9. The van der Waals surface area contributed by atoms with E-state index in [9.17, 15) is 0 Å². The van der Waals surface area contributed by atoms with Gasteiger partial charge in [0.2, 0.25) is 0 Å². The second kappa shape index (κ2) is 8.42. The third-order valence-electron chi connectivity index (χ3n) is 6.22. The predicted molar refractivity (Wildman–Crippen MR) is 120 cm³/mol. The maximum absolute atomic E-state index is 6.18. The minimum atomic E-state index is 0.105. The molecule has 2 aliphatic rings. The molecule has 0 N–H and O–H groups in total. The molecule has 0 amide bonds. The van der Waals surface area contributed by atoms with Gasteiger partial charge in [-0.3, -0.25) is 0 Å². The van der Waals surface area contributed by atoms with Gasteiger partial charge >= 0.3 is 6.01 Å². The maximum atomic E-state index is 6.18. The van der Waals surface area contributed by atoms with Crippen LogP contribution in [0.2, 0.25) is 0 Å². The Morgan fingerprint density at radius 1 is 1.17 bits per heavy atom. The van der Waals surface area contributed by atoms with Crippen molar-refractivity contribution >= 4 is 43.6 Å². The number of hydrogen-bond donors (Lipinski definition) is 0. The number of fused-ring (bicyclic) bond motifs is 1. The largest absolute Gasteiger partial charge is 0.467 e. The Labute approximate surface area is 188 Å². The van der Waals surface area contributed by atoms with Gasteiger partial charge in [0.05, 0.1) is 0 Å². The van der Waals surface area contributed by atoms with Crippen LogP contribution in [0.25, 0.3) is 10.3 Å². The predicted octanol–water partition coefficient (Wildman–Crippen LogP) is 5.42. The van der Waals surface area contributed by atoms with E-state index in [1.54, 1.807) is 0 Å². The first-order valence-corrected chi connectivity index (χ1v) is 12.3. The first kappa shape index (κ1) is 20.2. The molecule has 7 nitrogen and oxygen atoms in total. The summed E-state index contributed by atoms with van der Waals surface area (Å²) in [5, 5.41) is 4.93. The van der Waals surface area contributed by atoms with Gasteiger partial charge in [-0.1, -0.05) is 36.3 Å². The number of piperidine rings is 1. The molecule has 1 saturated carbocycles. The fraction of sp³-hybridized carbons (Fsp3) is 0.619. The van der Waals surface area contributed by atoms with Crippen LogP contribution in [0.4, 0.5) is 6.01 Å². The number of halogens is 1. The standard InChI is InChI=1S/C21H26BrN5O2S/c1-12(11-14-3-4-14)18-25-20(29-26-18)27-9-7-15(8-10-27)13(2)28-21-23-16-5-6-17(22)24-19(16)30-21/h5-6,12-15H,3-4,7-11H2,1-2H3. The molecule has 30 heavy (non-hydrogen) atoms. The van der Waals surface area contributed by atoms with Crippen molar-refractivity contribution in [2.75, 3.05) is 18.0 Å². The highest BCUT2D eigenvalue weighted by molar-refractivity contribution is 9.10. The lowest BCUT2D eigenvalue weighted by molar-refractivity contribution is 0.131. The van der Waals surface area contributed by atoms with Crippen LogP contribution >= 0.6 is 27.3 Å². The van der Waals surface area contributed by atoms with Crippen LogP contribution in [-0.4, -0.2) is 39.3 Å². The summed E-state index contributed by atoms with van der Waals surface area (Å²) in [6.07, 6.45) is 6.06. The second-order valence-corrected chi connectivity index (χ2v) is 10.4. The molecule has 0 spiro atoms. The minimum absolute atomic E-state index is 0.105. The van der Waals surface area contributed by atoms with Crippen molar-refractivity contribution in [3.63, 3.8) is 0 Å². The number of anilines is 1. The van der Waals surface area contributed by atoms with Crippen molar-refractivity contribution in [3.05, 3.63) is 22.6 Å². The molecule has 4 heterocycles. The molecule has 5 rings (SSSR count). The Morgan fingerprint density at radius 3 is 2.73 bits per heavy atom. The lowest BCUT2D eigenvalue weighted by Gasteiger charge is -2.33. The average Bonchev–Trinajstić information content (AvgIpc) is 3.26. The van der Waals surface area contributed by atoms with Crippen LogP contribution in [0.3, 0.4) is 0 Å². The lowest BCUT2D eigenvalue weighted by atomic mass is 9.92. The van der Waals surface area contributed by atoms with Gasteiger partial charge in [-0.05, 0) is 66.1 Å². The van der Waals surface area contributed by atoms with Gasteiger partial charge in [-0.2, -0.15) is 4.98 Å². The van der Waals surface area contributed by atoms with Gasteiger partial charge in [-0.15, -0.1) is 0 Å². The SMILES string of the molecule is CC(CC1CC1)c1noc(N2CCC(C(C)Oc3nc4ccc(Br)nc4s3)CC2)n1. The smallest absolute Gasteiger partial charge is 0.324 e. The van der Waals surface area contributed by atoms with Crippen LogP contribution in [0.1, 0.15) is 57.7 Å². The molecule has 1 saturated heterocycles. The number of nitrogens with zero attached hydrogens (tertiary/aromatic N) is 5.